The van der Waals surface area contributed by atoms with Crippen LogP contribution in [-0.2, 0) is 43.8 Å². The van der Waals surface area contributed by atoms with E-state index in [1.807, 2.05) is 60.7 Å². The van der Waals surface area contributed by atoms with Gasteiger partial charge in [-0.3, -0.25) is 4.99 Å². The van der Waals surface area contributed by atoms with E-state index in [-0.39, 0.29) is 18.6 Å². The SMILES string of the molecule is CC(/C=C(/C)[N-]c1c(C(C)C)cccc1C(C)C)=Nc1c(C(C)C)cccc1C(C)C.[S-]c1ccccc1.[S-]c1ccccc1.[V]. The van der Waals surface area contributed by atoms with E-state index in [1.54, 1.807) is 0 Å². The van der Waals surface area contributed by atoms with E-state index in [0.717, 1.165) is 32.6 Å². The zero-order chi connectivity index (χ0) is 33.5. The van der Waals surface area contributed by atoms with E-state index in [0.29, 0.717) is 23.7 Å². The first kappa shape index (κ1) is 41.1. The quantitative estimate of drug-likeness (QED) is 0.136. The Morgan fingerprint density at radius 3 is 1.20 bits per heavy atom. The number of allylic oxidation sites excluding steroid dienone is 2. The van der Waals surface area contributed by atoms with E-state index in [1.165, 1.54) is 22.3 Å². The molecule has 0 spiro atoms. The van der Waals surface area contributed by atoms with Crippen molar-refractivity contribution in [3.8, 4) is 0 Å². The molecule has 0 aliphatic heterocycles. The first-order valence-electron chi connectivity index (χ1n) is 16.0. The molecule has 0 fully saturated rings. The average Bonchev–Trinajstić information content (AvgIpc) is 2.98. The van der Waals surface area contributed by atoms with Crippen LogP contribution in [0, 0.1) is 0 Å². The molecule has 5 heteroatoms. The van der Waals surface area contributed by atoms with Crippen molar-refractivity contribution in [3.63, 3.8) is 0 Å². The first-order chi connectivity index (χ1) is 21.3. The molecule has 4 aromatic carbocycles. The van der Waals surface area contributed by atoms with Gasteiger partial charge in [0.05, 0.1) is 5.69 Å². The van der Waals surface area contributed by atoms with Gasteiger partial charge in [-0.15, -0.1) is 5.69 Å². The summed E-state index contributed by atoms with van der Waals surface area (Å²) in [7, 11) is 0. The normalized spacial score (nSPS) is 11.4. The Morgan fingerprint density at radius 1 is 0.543 bits per heavy atom. The van der Waals surface area contributed by atoms with E-state index in [2.05, 4.69) is 112 Å². The van der Waals surface area contributed by atoms with Crippen molar-refractivity contribution in [2.24, 2.45) is 4.99 Å². The smallest absolute Gasteiger partial charge is 0.0701 e. The number of hydrogen-bond acceptors (Lipinski definition) is 3. The fourth-order valence-corrected chi connectivity index (χ4v) is 5.16. The van der Waals surface area contributed by atoms with Crippen LogP contribution in [0.3, 0.4) is 0 Å². The fourth-order valence-electron chi connectivity index (χ4n) is 4.84. The summed E-state index contributed by atoms with van der Waals surface area (Å²) in [5.41, 5.74) is 9.45. The minimum Gasteiger partial charge on any atom is -0.780 e. The molecule has 0 aliphatic carbocycles. The maximum atomic E-state index is 5.08. The summed E-state index contributed by atoms with van der Waals surface area (Å²) in [6.45, 7) is 22.1. The molecular weight excluding hydrogens is 636 g/mol. The van der Waals surface area contributed by atoms with Crippen molar-refractivity contribution >= 4 is 42.3 Å². The summed E-state index contributed by atoms with van der Waals surface area (Å²) in [4.78, 5) is 6.89. The van der Waals surface area contributed by atoms with E-state index >= 15 is 0 Å². The van der Waals surface area contributed by atoms with Crippen LogP contribution in [0.25, 0.3) is 5.32 Å². The van der Waals surface area contributed by atoms with Crippen LogP contribution in [0.4, 0.5) is 11.4 Å². The number of rotatable bonds is 8. The molecule has 0 amide bonds. The van der Waals surface area contributed by atoms with Gasteiger partial charge in [0, 0.05) is 24.3 Å². The van der Waals surface area contributed by atoms with Gasteiger partial charge in [0.2, 0.25) is 0 Å². The zero-order valence-electron chi connectivity index (χ0n) is 29.3. The van der Waals surface area contributed by atoms with Crippen molar-refractivity contribution in [1.29, 1.82) is 0 Å². The maximum absolute atomic E-state index is 5.08. The monoisotopic (exact) mass is 686 g/mol. The van der Waals surface area contributed by atoms with Gasteiger partial charge in [-0.1, -0.05) is 177 Å². The second-order valence-corrected chi connectivity index (χ2v) is 13.4. The van der Waals surface area contributed by atoms with Crippen molar-refractivity contribution < 1.29 is 18.6 Å². The molecule has 4 aromatic rings. The molecule has 0 N–H and O–H groups in total. The molecule has 4 rings (SSSR count). The van der Waals surface area contributed by atoms with Gasteiger partial charge >= 0.3 is 0 Å². The van der Waals surface area contributed by atoms with E-state index in [9.17, 15) is 0 Å². The molecule has 0 unspecified atom stereocenters. The molecule has 0 saturated carbocycles. The predicted octanol–water partition coefficient (Wildman–Crippen LogP) is 13.1. The molecular formula is C41H51N2S2V-3. The summed E-state index contributed by atoms with van der Waals surface area (Å²) in [5, 5.41) is 5.08. The van der Waals surface area contributed by atoms with Gasteiger partial charge in [-0.25, -0.2) is 0 Å². The zero-order valence-corrected chi connectivity index (χ0v) is 32.3. The first-order valence-corrected chi connectivity index (χ1v) is 16.8. The number of aliphatic imine (C=N–C) groups is 1. The summed E-state index contributed by atoms with van der Waals surface area (Å²) in [6, 6.07) is 32.4. The third-order valence-electron chi connectivity index (χ3n) is 7.17. The Balaban J connectivity index is 0.000000573. The second kappa shape index (κ2) is 21.1. The number of para-hydroxylation sites is 2. The molecule has 0 bridgehead atoms. The molecule has 0 heterocycles. The Bertz CT molecular complexity index is 1420. The van der Waals surface area contributed by atoms with E-state index < -0.39 is 0 Å². The van der Waals surface area contributed by atoms with Crippen molar-refractivity contribution in [2.75, 3.05) is 0 Å². The van der Waals surface area contributed by atoms with Crippen molar-refractivity contribution in [1.82, 2.24) is 0 Å². The fraction of sp³-hybridized carbons (Fsp3) is 0.341. The van der Waals surface area contributed by atoms with Crippen molar-refractivity contribution in [2.45, 2.75) is 103 Å². The van der Waals surface area contributed by atoms with Crippen LogP contribution >= 0.6 is 0 Å². The topological polar surface area (TPSA) is 26.5 Å². The van der Waals surface area contributed by atoms with Gasteiger partial charge in [-0.2, -0.15) is 15.5 Å². The Hall–Kier alpha value is -2.89. The van der Waals surface area contributed by atoms with Crippen LogP contribution in [0.15, 0.2) is 124 Å². The summed E-state index contributed by atoms with van der Waals surface area (Å²) in [6.07, 6.45) is 2.11. The van der Waals surface area contributed by atoms with Gasteiger partial charge in [0.1, 0.15) is 0 Å². The van der Waals surface area contributed by atoms with Crippen LogP contribution in [0.1, 0.15) is 115 Å². The predicted molar refractivity (Wildman–Crippen MR) is 203 cm³/mol. The second-order valence-electron chi connectivity index (χ2n) is 12.5. The average molecular weight is 687 g/mol. The summed E-state index contributed by atoms with van der Waals surface area (Å²) in [5.74, 6) is 1.75. The maximum Gasteiger partial charge on any atom is 0.0701 e. The van der Waals surface area contributed by atoms with Gasteiger partial charge < -0.3 is 30.6 Å². The minimum atomic E-state index is 0. The van der Waals surface area contributed by atoms with Gasteiger partial charge in [-0.05, 0) is 41.7 Å². The van der Waals surface area contributed by atoms with Gasteiger partial charge in [0.15, 0.2) is 0 Å². The Kier molecular flexibility index (Phi) is 18.9. The molecule has 1 radical (unpaired) electrons. The largest absolute Gasteiger partial charge is 0.780 e. The molecule has 245 valence electrons. The number of nitrogens with zero attached hydrogens (tertiary/aromatic N) is 2. The molecule has 0 aromatic heterocycles. The molecule has 46 heavy (non-hydrogen) atoms. The Labute approximate surface area is 303 Å². The molecule has 0 saturated heterocycles. The van der Waals surface area contributed by atoms with Gasteiger partial charge in [0.25, 0.3) is 0 Å². The molecule has 2 nitrogen and oxygen atoms in total. The van der Waals surface area contributed by atoms with Crippen LogP contribution in [0.2, 0.25) is 0 Å². The third-order valence-corrected chi connectivity index (χ3v) is 7.71. The van der Waals surface area contributed by atoms with Crippen LogP contribution in [0.5, 0.6) is 0 Å². The minimum absolute atomic E-state index is 0. The standard InChI is InChI=1S/C29H41N2.2C6H6S.V/c1-18(2)24-13-11-14-25(19(3)4)28(24)30-22(9)17-23(10)31-29-26(20(5)6)15-12-16-27(29)21(7)8;2*7-6-4-2-1-3-5-6;/h11-21H,1-10H3;2*1-5,7H;/q-1;;;/p-2/b22-17-,31-23?;;;. The number of benzene rings is 4. The Morgan fingerprint density at radius 2 is 0.891 bits per heavy atom. The van der Waals surface area contributed by atoms with Crippen LogP contribution in [-0.4, -0.2) is 5.71 Å². The third kappa shape index (κ3) is 13.9. The van der Waals surface area contributed by atoms with E-state index in [4.69, 9.17) is 35.6 Å². The van der Waals surface area contributed by atoms with Crippen LogP contribution < -0.4 is 0 Å². The number of hydrogen-bond donors (Lipinski definition) is 0. The summed E-state index contributed by atoms with van der Waals surface area (Å²) < 4.78 is 0. The van der Waals surface area contributed by atoms with Crippen molar-refractivity contribution in [3.05, 3.63) is 136 Å². The molecule has 0 aliphatic rings. The molecule has 0 atom stereocenters. The summed E-state index contributed by atoms with van der Waals surface area (Å²) >= 11 is 9.62.